The fraction of sp³-hybridized carbons (Fsp3) is 0.500. The Morgan fingerprint density at radius 1 is 1.35 bits per heavy atom. The molecule has 0 radical (unpaired) electrons. The van der Waals surface area contributed by atoms with Gasteiger partial charge >= 0.3 is 0 Å². The highest BCUT2D eigenvalue weighted by atomic mass is 16.5. The van der Waals surface area contributed by atoms with Crippen molar-refractivity contribution in [2.45, 2.75) is 39.0 Å². The molecule has 1 aromatic rings. The number of nitriles is 1. The molecule has 0 saturated carbocycles. The average molecular weight is 232 g/mol. The maximum absolute atomic E-state index is 8.69. The van der Waals surface area contributed by atoms with Gasteiger partial charge in [-0.3, -0.25) is 0 Å². The Bertz CT molecular complexity index is 371. The fourth-order valence-electron chi connectivity index (χ4n) is 1.75. The van der Waals surface area contributed by atoms with Crippen molar-refractivity contribution in [2.24, 2.45) is 0 Å². The third kappa shape index (κ3) is 4.56. The Hall–Kier alpha value is -1.37. The lowest BCUT2D eigenvalue weighted by Gasteiger charge is -2.15. The van der Waals surface area contributed by atoms with Gasteiger partial charge in [-0.25, -0.2) is 0 Å². The van der Waals surface area contributed by atoms with Crippen LogP contribution >= 0.6 is 0 Å². The van der Waals surface area contributed by atoms with Crippen molar-refractivity contribution in [3.8, 4) is 6.07 Å². The molecule has 0 saturated heterocycles. The number of nitrogens with one attached hydrogen (secondary N) is 1. The molecule has 92 valence electrons. The molecule has 0 aliphatic heterocycles. The van der Waals surface area contributed by atoms with E-state index in [4.69, 9.17) is 10.00 Å². The van der Waals surface area contributed by atoms with Crippen LogP contribution in [0.25, 0.3) is 0 Å². The number of hydrogen-bond donors (Lipinski definition) is 1. The van der Waals surface area contributed by atoms with E-state index in [1.54, 1.807) is 7.11 Å². The van der Waals surface area contributed by atoms with Gasteiger partial charge in [0.1, 0.15) is 0 Å². The molecule has 0 amide bonds. The van der Waals surface area contributed by atoms with E-state index in [1.807, 2.05) is 12.1 Å². The number of methoxy groups -OCH3 is 1. The molecule has 1 atom stereocenters. The monoisotopic (exact) mass is 232 g/mol. The van der Waals surface area contributed by atoms with Crippen molar-refractivity contribution in [1.82, 2.24) is 5.32 Å². The second-order valence-corrected chi connectivity index (χ2v) is 4.05. The van der Waals surface area contributed by atoms with Gasteiger partial charge in [-0.1, -0.05) is 31.2 Å². The summed E-state index contributed by atoms with van der Waals surface area (Å²) >= 11 is 0. The van der Waals surface area contributed by atoms with Crippen LogP contribution in [0.4, 0.5) is 0 Å². The second-order valence-electron chi connectivity index (χ2n) is 4.05. The fourth-order valence-corrected chi connectivity index (χ4v) is 1.75. The maximum Gasteiger partial charge on any atom is 0.0716 e. The summed E-state index contributed by atoms with van der Waals surface area (Å²) < 4.78 is 5.17. The number of ether oxygens (including phenoxy) is 1. The summed E-state index contributed by atoms with van der Waals surface area (Å²) in [6.07, 6.45) is 1.53. The van der Waals surface area contributed by atoms with Gasteiger partial charge in [-0.05, 0) is 17.5 Å². The van der Waals surface area contributed by atoms with Crippen LogP contribution in [0.15, 0.2) is 24.3 Å². The van der Waals surface area contributed by atoms with E-state index >= 15 is 0 Å². The van der Waals surface area contributed by atoms with Gasteiger partial charge in [0, 0.05) is 19.7 Å². The van der Waals surface area contributed by atoms with Crippen LogP contribution in [0.2, 0.25) is 0 Å². The van der Waals surface area contributed by atoms with Crippen molar-refractivity contribution in [3.63, 3.8) is 0 Å². The zero-order valence-corrected chi connectivity index (χ0v) is 10.6. The van der Waals surface area contributed by atoms with E-state index < -0.39 is 0 Å². The summed E-state index contributed by atoms with van der Waals surface area (Å²) in [5, 5.41) is 12.1. The van der Waals surface area contributed by atoms with Gasteiger partial charge in [0.05, 0.1) is 19.1 Å². The third-order valence-corrected chi connectivity index (χ3v) is 2.83. The van der Waals surface area contributed by atoms with E-state index in [9.17, 15) is 0 Å². The van der Waals surface area contributed by atoms with E-state index in [0.29, 0.717) is 13.0 Å². The van der Waals surface area contributed by atoms with Crippen LogP contribution in [0.3, 0.4) is 0 Å². The molecule has 17 heavy (non-hydrogen) atoms. The SMILES string of the molecule is CCC(CC#N)NCc1ccccc1COC. The van der Waals surface area contributed by atoms with Gasteiger partial charge in [0.15, 0.2) is 0 Å². The largest absolute Gasteiger partial charge is 0.380 e. The van der Waals surface area contributed by atoms with Crippen LogP contribution in [-0.4, -0.2) is 13.2 Å². The van der Waals surface area contributed by atoms with E-state index in [0.717, 1.165) is 13.0 Å². The number of nitrogens with zero attached hydrogens (tertiary/aromatic N) is 1. The molecule has 0 aromatic heterocycles. The van der Waals surface area contributed by atoms with Crippen LogP contribution in [0.5, 0.6) is 0 Å². The van der Waals surface area contributed by atoms with Gasteiger partial charge in [-0.2, -0.15) is 5.26 Å². The molecule has 1 aromatic carbocycles. The van der Waals surface area contributed by atoms with E-state index in [1.165, 1.54) is 11.1 Å². The molecule has 1 rings (SSSR count). The molecule has 0 aliphatic carbocycles. The summed E-state index contributed by atoms with van der Waals surface area (Å²) in [6.45, 7) is 3.52. The van der Waals surface area contributed by atoms with Crippen LogP contribution in [0.1, 0.15) is 30.9 Å². The van der Waals surface area contributed by atoms with E-state index in [2.05, 4.69) is 30.4 Å². The van der Waals surface area contributed by atoms with Gasteiger partial charge < -0.3 is 10.1 Å². The minimum atomic E-state index is 0.274. The highest BCUT2D eigenvalue weighted by molar-refractivity contribution is 5.26. The van der Waals surface area contributed by atoms with Crippen molar-refractivity contribution in [3.05, 3.63) is 35.4 Å². The standard InChI is InChI=1S/C14H20N2O/c1-3-14(8-9-15)16-10-12-6-4-5-7-13(12)11-17-2/h4-7,14,16H,3,8,10-11H2,1-2H3. The van der Waals surface area contributed by atoms with Crippen molar-refractivity contribution in [2.75, 3.05) is 7.11 Å². The lowest BCUT2D eigenvalue weighted by Crippen LogP contribution is -2.27. The highest BCUT2D eigenvalue weighted by Gasteiger charge is 2.06. The van der Waals surface area contributed by atoms with Gasteiger partial charge in [0.25, 0.3) is 0 Å². The summed E-state index contributed by atoms with van der Waals surface area (Å²) in [6, 6.07) is 10.7. The van der Waals surface area contributed by atoms with Crippen molar-refractivity contribution >= 4 is 0 Å². The molecule has 3 heteroatoms. The van der Waals surface area contributed by atoms with Gasteiger partial charge in [-0.15, -0.1) is 0 Å². The zero-order valence-electron chi connectivity index (χ0n) is 10.6. The van der Waals surface area contributed by atoms with Crippen LogP contribution in [0, 0.1) is 11.3 Å². The highest BCUT2D eigenvalue weighted by Crippen LogP contribution is 2.10. The van der Waals surface area contributed by atoms with Crippen LogP contribution in [-0.2, 0) is 17.9 Å². The van der Waals surface area contributed by atoms with Crippen LogP contribution < -0.4 is 5.32 Å². The summed E-state index contributed by atoms with van der Waals surface area (Å²) in [5.74, 6) is 0. The first-order chi connectivity index (χ1) is 8.31. The topological polar surface area (TPSA) is 45.0 Å². The molecule has 0 heterocycles. The van der Waals surface area contributed by atoms with Gasteiger partial charge in [0.2, 0.25) is 0 Å². The first kappa shape index (κ1) is 13.7. The Labute approximate surface area is 103 Å². The molecular weight excluding hydrogens is 212 g/mol. The molecule has 0 bridgehead atoms. The number of hydrogen-bond acceptors (Lipinski definition) is 3. The summed E-state index contributed by atoms with van der Waals surface area (Å²) in [4.78, 5) is 0. The lowest BCUT2D eigenvalue weighted by atomic mass is 10.1. The smallest absolute Gasteiger partial charge is 0.0716 e. The molecular formula is C14H20N2O. The molecule has 3 nitrogen and oxygen atoms in total. The Balaban J connectivity index is 2.58. The molecule has 0 aliphatic rings. The number of rotatable bonds is 7. The summed E-state index contributed by atoms with van der Waals surface area (Å²) in [7, 11) is 1.70. The minimum Gasteiger partial charge on any atom is -0.380 e. The average Bonchev–Trinajstić information content (AvgIpc) is 2.36. The first-order valence-electron chi connectivity index (χ1n) is 5.97. The Morgan fingerprint density at radius 3 is 2.65 bits per heavy atom. The normalized spacial score (nSPS) is 12.1. The number of benzene rings is 1. The Morgan fingerprint density at radius 2 is 2.06 bits per heavy atom. The lowest BCUT2D eigenvalue weighted by molar-refractivity contribution is 0.184. The Kier molecular flexibility index (Phi) is 6.31. The molecule has 1 N–H and O–H groups in total. The molecule has 1 unspecified atom stereocenters. The first-order valence-corrected chi connectivity index (χ1v) is 5.97. The quantitative estimate of drug-likeness (QED) is 0.786. The minimum absolute atomic E-state index is 0.274. The zero-order chi connectivity index (χ0) is 12.5. The molecule has 0 fully saturated rings. The van der Waals surface area contributed by atoms with E-state index in [-0.39, 0.29) is 6.04 Å². The predicted molar refractivity (Wildman–Crippen MR) is 68.3 cm³/mol. The summed E-state index contributed by atoms with van der Waals surface area (Å²) in [5.41, 5.74) is 2.44. The van der Waals surface area contributed by atoms with Crippen molar-refractivity contribution in [1.29, 1.82) is 5.26 Å². The predicted octanol–water partition coefficient (Wildman–Crippen LogP) is 2.61. The maximum atomic E-state index is 8.69. The molecule has 0 spiro atoms. The second kappa shape index (κ2) is 7.83. The van der Waals surface area contributed by atoms with Crippen molar-refractivity contribution < 1.29 is 4.74 Å². The third-order valence-electron chi connectivity index (χ3n) is 2.83.